The number of anilines is 2. The van der Waals surface area contributed by atoms with Crippen molar-refractivity contribution in [2.45, 2.75) is 13.1 Å². The van der Waals surface area contributed by atoms with E-state index in [2.05, 4.69) is 15.0 Å². The van der Waals surface area contributed by atoms with E-state index >= 15 is 0 Å². The Labute approximate surface area is 130 Å². The highest BCUT2D eigenvalue weighted by molar-refractivity contribution is 5.94. The van der Waals surface area contributed by atoms with Gasteiger partial charge in [-0.3, -0.25) is 4.79 Å². The summed E-state index contributed by atoms with van der Waals surface area (Å²) in [6.07, 6.45) is -3.38. The van der Waals surface area contributed by atoms with Crippen LogP contribution in [0.3, 0.4) is 0 Å². The van der Waals surface area contributed by atoms with E-state index < -0.39 is 23.5 Å². The van der Waals surface area contributed by atoms with Crippen LogP contribution in [0.25, 0.3) is 0 Å². The van der Waals surface area contributed by atoms with Gasteiger partial charge < -0.3 is 15.8 Å². The smallest absolute Gasteiger partial charge is 0.421 e. The number of aryl methyl sites for hydroxylation is 1. The quantitative estimate of drug-likeness (QED) is 0.904. The molecule has 8 heteroatoms. The second kappa shape index (κ2) is 6.15. The maximum Gasteiger partial charge on any atom is 0.421 e. The van der Waals surface area contributed by atoms with Crippen LogP contribution >= 0.6 is 0 Å². The maximum absolute atomic E-state index is 13.0. The lowest BCUT2D eigenvalue weighted by Gasteiger charge is -2.14. The zero-order valence-corrected chi connectivity index (χ0v) is 12.4. The summed E-state index contributed by atoms with van der Waals surface area (Å²) in [6, 6.07) is 5.54. The second-order valence-corrected chi connectivity index (χ2v) is 4.80. The van der Waals surface area contributed by atoms with Crippen molar-refractivity contribution >= 4 is 17.3 Å². The molecule has 0 radical (unpaired) electrons. The number of nitrogens with two attached hydrogens (primary N) is 1. The fourth-order valence-electron chi connectivity index (χ4n) is 1.95. The fourth-order valence-corrected chi connectivity index (χ4v) is 1.95. The molecule has 0 spiro atoms. The molecule has 0 saturated carbocycles. The number of hydrogen-bond donors (Lipinski definition) is 2. The number of pyridine rings is 1. The highest BCUT2D eigenvalue weighted by Gasteiger charge is 2.35. The van der Waals surface area contributed by atoms with E-state index in [0.717, 1.165) is 18.7 Å². The Morgan fingerprint density at radius 2 is 2.00 bits per heavy atom. The molecule has 0 unspecified atom stereocenters. The summed E-state index contributed by atoms with van der Waals surface area (Å²) in [5, 5.41) is 2.81. The summed E-state index contributed by atoms with van der Waals surface area (Å²) in [6.45, 7) is 1.74. The first kappa shape index (κ1) is 16.6. The molecule has 2 rings (SSSR count). The number of nitrogens with one attached hydrogen (secondary N) is 1. The average Bonchev–Trinajstić information content (AvgIpc) is 2.48. The number of primary amides is 1. The number of carbonyl (C=O) groups is 1. The molecule has 5 nitrogen and oxygen atoms in total. The number of hydrogen-bond acceptors (Lipinski definition) is 4. The molecule has 2 aromatic rings. The van der Waals surface area contributed by atoms with Crippen molar-refractivity contribution < 1.29 is 22.7 Å². The van der Waals surface area contributed by atoms with E-state index in [9.17, 15) is 18.0 Å². The van der Waals surface area contributed by atoms with E-state index in [0.29, 0.717) is 5.69 Å². The monoisotopic (exact) mass is 325 g/mol. The molecule has 0 aliphatic heterocycles. The summed E-state index contributed by atoms with van der Waals surface area (Å²) >= 11 is 0. The van der Waals surface area contributed by atoms with Crippen LogP contribution in [0.15, 0.2) is 30.5 Å². The summed E-state index contributed by atoms with van der Waals surface area (Å²) in [7, 11) is 1.12. The SMILES string of the molecule is COc1ncc(Nc2cc(C(N)=O)ccc2C)cc1C(F)(F)F. The van der Waals surface area contributed by atoms with Crippen LogP contribution in [-0.2, 0) is 6.18 Å². The topological polar surface area (TPSA) is 77.2 Å². The molecule has 0 aliphatic rings. The lowest BCUT2D eigenvalue weighted by atomic mass is 10.1. The number of rotatable bonds is 4. The van der Waals surface area contributed by atoms with Gasteiger partial charge in [0, 0.05) is 11.3 Å². The van der Waals surface area contributed by atoms with E-state index in [1.807, 2.05) is 0 Å². The third-order valence-corrected chi connectivity index (χ3v) is 3.15. The Morgan fingerprint density at radius 1 is 1.30 bits per heavy atom. The van der Waals surface area contributed by atoms with Gasteiger partial charge >= 0.3 is 6.18 Å². The zero-order chi connectivity index (χ0) is 17.2. The minimum absolute atomic E-state index is 0.114. The Hall–Kier alpha value is -2.77. The van der Waals surface area contributed by atoms with Crippen molar-refractivity contribution in [2.24, 2.45) is 5.73 Å². The number of carbonyl (C=O) groups excluding carboxylic acids is 1. The van der Waals surface area contributed by atoms with Crippen LogP contribution in [-0.4, -0.2) is 18.0 Å². The average molecular weight is 325 g/mol. The van der Waals surface area contributed by atoms with Crippen molar-refractivity contribution in [1.82, 2.24) is 4.98 Å². The molecule has 0 saturated heterocycles. The lowest BCUT2D eigenvalue weighted by Crippen LogP contribution is -2.12. The summed E-state index contributed by atoms with van der Waals surface area (Å²) in [5.41, 5.74) is 5.76. The second-order valence-electron chi connectivity index (χ2n) is 4.80. The normalized spacial score (nSPS) is 11.2. The van der Waals surface area contributed by atoms with Gasteiger partial charge in [-0.2, -0.15) is 13.2 Å². The van der Waals surface area contributed by atoms with Crippen molar-refractivity contribution in [3.63, 3.8) is 0 Å². The molecule has 0 aliphatic carbocycles. The van der Waals surface area contributed by atoms with Gasteiger partial charge in [0.2, 0.25) is 11.8 Å². The first-order valence-corrected chi connectivity index (χ1v) is 6.51. The molecule has 1 heterocycles. The Balaban J connectivity index is 2.41. The van der Waals surface area contributed by atoms with E-state index in [1.165, 1.54) is 18.3 Å². The largest absolute Gasteiger partial charge is 0.481 e. The van der Waals surface area contributed by atoms with Gasteiger partial charge in [-0.15, -0.1) is 0 Å². The minimum atomic E-state index is -4.60. The molecule has 3 N–H and O–H groups in total. The van der Waals surface area contributed by atoms with Gasteiger partial charge in [-0.1, -0.05) is 6.07 Å². The van der Waals surface area contributed by atoms with Gasteiger partial charge in [0.1, 0.15) is 5.56 Å². The van der Waals surface area contributed by atoms with Crippen molar-refractivity contribution in [3.8, 4) is 5.88 Å². The molecular weight excluding hydrogens is 311 g/mol. The molecule has 23 heavy (non-hydrogen) atoms. The van der Waals surface area contributed by atoms with Gasteiger partial charge in [0.25, 0.3) is 0 Å². The van der Waals surface area contributed by atoms with Crippen molar-refractivity contribution in [3.05, 3.63) is 47.2 Å². The van der Waals surface area contributed by atoms with Crippen molar-refractivity contribution in [1.29, 1.82) is 0 Å². The van der Waals surface area contributed by atoms with Gasteiger partial charge in [0.15, 0.2) is 0 Å². The first-order chi connectivity index (χ1) is 10.7. The zero-order valence-electron chi connectivity index (χ0n) is 12.4. The minimum Gasteiger partial charge on any atom is -0.481 e. The number of amides is 1. The summed E-state index contributed by atoms with van der Waals surface area (Å²) in [4.78, 5) is 14.9. The third kappa shape index (κ3) is 3.71. The Morgan fingerprint density at radius 3 is 2.57 bits per heavy atom. The highest BCUT2D eigenvalue weighted by atomic mass is 19.4. The van der Waals surface area contributed by atoms with E-state index in [1.54, 1.807) is 13.0 Å². The Bertz CT molecular complexity index is 745. The molecule has 0 bridgehead atoms. The molecule has 1 aromatic carbocycles. The first-order valence-electron chi connectivity index (χ1n) is 6.51. The highest BCUT2D eigenvalue weighted by Crippen LogP contribution is 2.37. The predicted molar refractivity (Wildman–Crippen MR) is 78.8 cm³/mol. The van der Waals surface area contributed by atoms with Gasteiger partial charge in [-0.05, 0) is 30.7 Å². The summed E-state index contributed by atoms with van der Waals surface area (Å²) in [5.74, 6) is -1.14. The molecular formula is C15H14F3N3O2. The molecule has 0 fully saturated rings. The van der Waals surface area contributed by atoms with Crippen molar-refractivity contribution in [2.75, 3.05) is 12.4 Å². The molecule has 1 amide bonds. The maximum atomic E-state index is 13.0. The number of ether oxygens (including phenoxy) is 1. The number of aromatic nitrogens is 1. The third-order valence-electron chi connectivity index (χ3n) is 3.15. The summed E-state index contributed by atoms with van der Waals surface area (Å²) < 4.78 is 43.6. The molecule has 122 valence electrons. The van der Waals surface area contributed by atoms with E-state index in [-0.39, 0.29) is 11.3 Å². The van der Waals surface area contributed by atoms with Crippen LogP contribution in [0.1, 0.15) is 21.5 Å². The van der Waals surface area contributed by atoms with Crippen LogP contribution in [0.5, 0.6) is 5.88 Å². The standard InChI is InChI=1S/C15H14F3N3O2/c1-8-3-4-9(13(19)22)5-12(8)21-10-6-11(15(16,17)18)14(23-2)20-7-10/h3-7,21H,1-2H3,(H2,19,22). The number of benzene rings is 1. The van der Waals surface area contributed by atoms with Crippen LogP contribution in [0.4, 0.5) is 24.5 Å². The number of methoxy groups -OCH3 is 1. The predicted octanol–water partition coefficient (Wildman–Crippen LogP) is 3.26. The lowest BCUT2D eigenvalue weighted by molar-refractivity contribution is -0.139. The van der Waals surface area contributed by atoms with Gasteiger partial charge in [-0.25, -0.2) is 4.98 Å². The van der Waals surface area contributed by atoms with Gasteiger partial charge in [0.05, 0.1) is 19.0 Å². The van der Waals surface area contributed by atoms with Crippen LogP contribution in [0.2, 0.25) is 0 Å². The van der Waals surface area contributed by atoms with Crippen LogP contribution < -0.4 is 15.8 Å². The Kier molecular flexibility index (Phi) is 4.44. The van der Waals surface area contributed by atoms with Crippen LogP contribution in [0, 0.1) is 6.92 Å². The van der Waals surface area contributed by atoms with E-state index in [4.69, 9.17) is 5.73 Å². The number of alkyl halides is 3. The fraction of sp³-hybridized carbons (Fsp3) is 0.200. The molecule has 0 atom stereocenters. The molecule has 1 aromatic heterocycles. The number of nitrogens with zero attached hydrogens (tertiary/aromatic N) is 1. The number of halogens is 3.